The number of hydrogen-bond donors (Lipinski definition) is 0. The number of ether oxygens (including phenoxy) is 4. The van der Waals surface area contributed by atoms with Gasteiger partial charge in [-0.05, 0) is 61.8 Å². The summed E-state index contributed by atoms with van der Waals surface area (Å²) in [4.78, 5) is 49.7. The molecule has 2 atom stereocenters. The summed E-state index contributed by atoms with van der Waals surface area (Å²) in [6, 6.07) is 13.5. The molecule has 0 heterocycles. The Balaban J connectivity index is 0.000000541. The first-order valence-corrected chi connectivity index (χ1v) is 21.1. The van der Waals surface area contributed by atoms with Gasteiger partial charge >= 0.3 is 23.9 Å². The van der Waals surface area contributed by atoms with Gasteiger partial charge in [0.15, 0.2) is 0 Å². The van der Waals surface area contributed by atoms with E-state index in [1.54, 1.807) is 48.5 Å². The van der Waals surface area contributed by atoms with Crippen LogP contribution in [0.1, 0.15) is 199 Å². The highest BCUT2D eigenvalue weighted by atomic mass is 16.5. The van der Waals surface area contributed by atoms with E-state index < -0.39 is 23.9 Å². The maximum Gasteiger partial charge on any atom is 0.339 e. The van der Waals surface area contributed by atoms with Crippen LogP contribution < -0.4 is 0 Å². The number of rotatable bonds is 28. The monoisotopic (exact) mass is 753 g/mol. The van der Waals surface area contributed by atoms with Gasteiger partial charge in [-0.3, -0.25) is 0 Å². The summed E-state index contributed by atoms with van der Waals surface area (Å²) in [6.07, 6.45) is 19.6. The molecule has 0 bridgehead atoms. The number of carbonyl (C=O) groups excluding carboxylic acids is 4. The maximum atomic E-state index is 12.6. The molecule has 54 heavy (non-hydrogen) atoms. The molecule has 2 aromatic carbocycles. The smallest absolute Gasteiger partial charge is 0.339 e. The van der Waals surface area contributed by atoms with E-state index in [1.807, 2.05) is 0 Å². The maximum absolute atomic E-state index is 12.6. The van der Waals surface area contributed by atoms with Crippen molar-refractivity contribution in [3.05, 3.63) is 70.8 Å². The fourth-order valence-electron chi connectivity index (χ4n) is 5.91. The van der Waals surface area contributed by atoms with E-state index in [9.17, 15) is 19.2 Å². The Hall–Kier alpha value is -3.68. The molecule has 2 rings (SSSR count). The van der Waals surface area contributed by atoms with Crippen LogP contribution >= 0.6 is 0 Å². The largest absolute Gasteiger partial charge is 0.462 e. The second-order valence-corrected chi connectivity index (χ2v) is 14.2. The molecule has 0 saturated heterocycles. The standard InChI is InChI=1S/C24H38O4.C22H34O4/c1-5-9-13-19(7-3)17-27-23(25)21-15-11-12-16-22(21)24(26)28-18-20(8-4)14-10-6-2;1-3-5-7-9-13-17-25-21(23)19-15-11-12-16-20(19)22(24)26-18-14-10-8-6-4-2/h11-12,15-16,19-20H,5-10,13-14,17-18H2,1-4H3;11-12,15-16H,3-10,13-14,17-18H2,1-2H3. The summed E-state index contributed by atoms with van der Waals surface area (Å²) in [6.45, 7) is 14.5. The minimum absolute atomic E-state index is 0.289. The Morgan fingerprint density at radius 3 is 1.00 bits per heavy atom. The number of carbonyl (C=O) groups is 4. The zero-order valence-electron chi connectivity index (χ0n) is 34.6. The van der Waals surface area contributed by atoms with E-state index >= 15 is 0 Å². The molecule has 0 amide bonds. The lowest BCUT2D eigenvalue weighted by atomic mass is 10.0. The summed E-state index contributed by atoms with van der Waals surface area (Å²) in [5, 5.41) is 0. The quantitative estimate of drug-likeness (QED) is 0.0480. The van der Waals surface area contributed by atoms with Gasteiger partial charge in [0, 0.05) is 0 Å². The molecule has 0 spiro atoms. The van der Waals surface area contributed by atoms with Crippen LogP contribution in [0.2, 0.25) is 0 Å². The predicted octanol–water partition coefficient (Wildman–Crippen LogP) is 12.4. The molecule has 0 aliphatic carbocycles. The third-order valence-electron chi connectivity index (χ3n) is 9.68. The molecule has 304 valence electrons. The van der Waals surface area contributed by atoms with E-state index in [1.165, 1.54) is 25.7 Å². The van der Waals surface area contributed by atoms with Crippen molar-refractivity contribution in [3.8, 4) is 0 Å². The summed E-state index contributed by atoms with van der Waals surface area (Å²) < 4.78 is 21.7. The lowest BCUT2D eigenvalue weighted by molar-refractivity contribution is 0.0381. The van der Waals surface area contributed by atoms with Crippen molar-refractivity contribution >= 4 is 23.9 Å². The average Bonchev–Trinajstić information content (AvgIpc) is 3.20. The van der Waals surface area contributed by atoms with Gasteiger partial charge in [-0.15, -0.1) is 0 Å². The first-order valence-electron chi connectivity index (χ1n) is 21.1. The predicted molar refractivity (Wildman–Crippen MR) is 218 cm³/mol. The normalized spacial score (nSPS) is 11.8. The lowest BCUT2D eigenvalue weighted by Gasteiger charge is -2.17. The second-order valence-electron chi connectivity index (χ2n) is 14.2. The molecule has 0 aliphatic rings. The third kappa shape index (κ3) is 20.7. The highest BCUT2D eigenvalue weighted by molar-refractivity contribution is 6.03. The van der Waals surface area contributed by atoms with E-state index in [-0.39, 0.29) is 11.1 Å². The SMILES string of the molecule is CCCCC(CC)COC(=O)c1ccccc1C(=O)OCC(CC)CCCC.CCCCCCCOC(=O)c1ccccc1C(=O)OCCCCCCC. The van der Waals surface area contributed by atoms with Crippen molar-refractivity contribution in [1.29, 1.82) is 0 Å². The van der Waals surface area contributed by atoms with Crippen LogP contribution in [-0.4, -0.2) is 50.3 Å². The Morgan fingerprint density at radius 2 is 0.704 bits per heavy atom. The molecule has 0 fully saturated rings. The van der Waals surface area contributed by atoms with Crippen molar-refractivity contribution < 1.29 is 38.1 Å². The van der Waals surface area contributed by atoms with Gasteiger partial charge in [0.05, 0.1) is 48.7 Å². The topological polar surface area (TPSA) is 105 Å². The number of benzene rings is 2. The molecule has 0 aromatic heterocycles. The molecule has 0 saturated carbocycles. The average molecular weight is 753 g/mol. The van der Waals surface area contributed by atoms with Crippen LogP contribution in [0.4, 0.5) is 0 Å². The van der Waals surface area contributed by atoms with E-state index in [2.05, 4.69) is 41.5 Å². The van der Waals surface area contributed by atoms with Crippen molar-refractivity contribution in [2.45, 2.75) is 157 Å². The van der Waals surface area contributed by atoms with Gasteiger partial charge in [-0.1, -0.05) is 156 Å². The van der Waals surface area contributed by atoms with Crippen LogP contribution in [0, 0.1) is 11.8 Å². The molecule has 0 radical (unpaired) electrons. The molecular formula is C46H72O8. The molecule has 2 unspecified atom stereocenters. The van der Waals surface area contributed by atoms with E-state index in [0.29, 0.717) is 49.4 Å². The molecular weight excluding hydrogens is 680 g/mol. The van der Waals surface area contributed by atoms with Crippen LogP contribution in [0.25, 0.3) is 0 Å². The molecule has 0 aliphatic heterocycles. The first-order chi connectivity index (χ1) is 26.3. The van der Waals surface area contributed by atoms with Crippen molar-refractivity contribution in [2.24, 2.45) is 11.8 Å². The highest BCUT2D eigenvalue weighted by Gasteiger charge is 2.22. The molecule has 8 heteroatoms. The Morgan fingerprint density at radius 1 is 0.407 bits per heavy atom. The molecule has 8 nitrogen and oxygen atoms in total. The minimum atomic E-state index is -0.448. The molecule has 2 aromatic rings. The van der Waals surface area contributed by atoms with Gasteiger partial charge in [0.2, 0.25) is 0 Å². The van der Waals surface area contributed by atoms with Crippen LogP contribution in [0.5, 0.6) is 0 Å². The summed E-state index contributed by atoms with van der Waals surface area (Å²) in [5.41, 5.74) is 1.16. The van der Waals surface area contributed by atoms with Crippen molar-refractivity contribution in [3.63, 3.8) is 0 Å². The fourth-order valence-corrected chi connectivity index (χ4v) is 5.91. The van der Waals surface area contributed by atoms with Gasteiger partial charge in [-0.2, -0.15) is 0 Å². The second kappa shape index (κ2) is 31.6. The van der Waals surface area contributed by atoms with E-state index in [0.717, 1.165) is 89.9 Å². The van der Waals surface area contributed by atoms with Gasteiger partial charge in [-0.25, -0.2) is 19.2 Å². The van der Waals surface area contributed by atoms with Crippen molar-refractivity contribution in [1.82, 2.24) is 0 Å². The summed E-state index contributed by atoms with van der Waals surface area (Å²) in [7, 11) is 0. The van der Waals surface area contributed by atoms with Gasteiger partial charge < -0.3 is 18.9 Å². The Labute approximate surface area is 327 Å². The van der Waals surface area contributed by atoms with Crippen molar-refractivity contribution in [2.75, 3.05) is 26.4 Å². The third-order valence-corrected chi connectivity index (χ3v) is 9.68. The Bertz CT molecular complexity index is 1210. The zero-order chi connectivity index (χ0) is 39.8. The van der Waals surface area contributed by atoms with E-state index in [4.69, 9.17) is 18.9 Å². The highest BCUT2D eigenvalue weighted by Crippen LogP contribution is 2.19. The Kier molecular flexibility index (Phi) is 28.3. The van der Waals surface area contributed by atoms with Crippen LogP contribution in [0.3, 0.4) is 0 Å². The van der Waals surface area contributed by atoms with Gasteiger partial charge in [0.1, 0.15) is 0 Å². The minimum Gasteiger partial charge on any atom is -0.462 e. The molecule has 0 N–H and O–H groups in total. The summed E-state index contributed by atoms with van der Waals surface area (Å²) >= 11 is 0. The number of hydrogen-bond acceptors (Lipinski definition) is 8. The lowest BCUT2D eigenvalue weighted by Crippen LogP contribution is -2.19. The first kappa shape index (κ1) is 48.3. The fraction of sp³-hybridized carbons (Fsp3) is 0.652. The summed E-state index contributed by atoms with van der Waals surface area (Å²) in [5.74, 6) is -1.05. The number of unbranched alkanes of at least 4 members (excludes halogenated alkanes) is 10. The number of esters is 4. The van der Waals surface area contributed by atoms with Gasteiger partial charge in [0.25, 0.3) is 0 Å². The zero-order valence-corrected chi connectivity index (χ0v) is 34.6. The van der Waals surface area contributed by atoms with Crippen LogP contribution in [0.15, 0.2) is 48.5 Å². The van der Waals surface area contributed by atoms with Crippen LogP contribution in [-0.2, 0) is 18.9 Å².